The molecule has 0 saturated carbocycles. The summed E-state index contributed by atoms with van der Waals surface area (Å²) in [5, 5.41) is 11.7. The summed E-state index contributed by atoms with van der Waals surface area (Å²) < 4.78 is 15.5. The van der Waals surface area contributed by atoms with Crippen LogP contribution in [0.15, 0.2) is 18.2 Å². The molecule has 2 N–H and O–H groups in total. The lowest BCUT2D eigenvalue weighted by molar-refractivity contribution is -0.139. The molecule has 0 unspecified atom stereocenters. The van der Waals surface area contributed by atoms with E-state index in [-0.39, 0.29) is 6.42 Å². The van der Waals surface area contributed by atoms with E-state index in [9.17, 15) is 14.7 Å². The van der Waals surface area contributed by atoms with E-state index in [4.69, 9.17) is 14.2 Å². The van der Waals surface area contributed by atoms with Gasteiger partial charge in [0.2, 0.25) is 0 Å². The van der Waals surface area contributed by atoms with Crippen molar-refractivity contribution in [2.75, 3.05) is 14.2 Å². The molecule has 1 amide bonds. The van der Waals surface area contributed by atoms with Crippen LogP contribution in [-0.4, -0.2) is 43.0 Å². The fourth-order valence-corrected chi connectivity index (χ4v) is 2.08. The first-order valence-electron chi connectivity index (χ1n) is 7.59. The lowest BCUT2D eigenvalue weighted by Gasteiger charge is -2.22. The number of amides is 1. The van der Waals surface area contributed by atoms with Gasteiger partial charge in [-0.3, -0.25) is 0 Å². The minimum Gasteiger partial charge on any atom is -0.497 e. The number of aryl methyl sites for hydroxylation is 1. The molecule has 0 fully saturated rings. The Morgan fingerprint density at radius 2 is 1.88 bits per heavy atom. The zero-order valence-electron chi connectivity index (χ0n) is 14.7. The first-order valence-corrected chi connectivity index (χ1v) is 7.59. The van der Waals surface area contributed by atoms with E-state index in [1.54, 1.807) is 53.2 Å². The average molecular weight is 339 g/mol. The summed E-state index contributed by atoms with van der Waals surface area (Å²) in [4.78, 5) is 23.1. The Morgan fingerprint density at radius 3 is 2.38 bits per heavy atom. The van der Waals surface area contributed by atoms with E-state index >= 15 is 0 Å². The molecule has 1 aromatic rings. The highest BCUT2D eigenvalue weighted by molar-refractivity contribution is 5.80. The molecular weight excluding hydrogens is 314 g/mol. The molecule has 0 aliphatic rings. The Kier molecular flexibility index (Phi) is 6.88. The largest absolute Gasteiger partial charge is 0.497 e. The minimum absolute atomic E-state index is 0.193. The van der Waals surface area contributed by atoms with Crippen molar-refractivity contribution in [2.24, 2.45) is 0 Å². The van der Waals surface area contributed by atoms with E-state index in [1.165, 1.54) is 0 Å². The van der Waals surface area contributed by atoms with Gasteiger partial charge in [0.25, 0.3) is 0 Å². The third-order valence-corrected chi connectivity index (χ3v) is 3.18. The Bertz CT molecular complexity index is 579. The number of benzene rings is 1. The number of aliphatic carboxylic acids is 1. The van der Waals surface area contributed by atoms with Crippen molar-refractivity contribution in [2.45, 2.75) is 45.3 Å². The maximum atomic E-state index is 11.8. The molecule has 0 aliphatic carbocycles. The summed E-state index contributed by atoms with van der Waals surface area (Å²) in [6, 6.07) is 4.24. The highest BCUT2D eigenvalue weighted by Crippen LogP contribution is 2.25. The first-order chi connectivity index (χ1) is 11.2. The Labute approximate surface area is 141 Å². The maximum absolute atomic E-state index is 11.8. The van der Waals surface area contributed by atoms with E-state index in [0.717, 1.165) is 5.56 Å². The zero-order chi connectivity index (χ0) is 18.3. The molecule has 24 heavy (non-hydrogen) atoms. The quantitative estimate of drug-likeness (QED) is 0.793. The number of methoxy groups -OCH3 is 2. The summed E-state index contributed by atoms with van der Waals surface area (Å²) in [6.07, 6.45) is -0.168. The lowest BCUT2D eigenvalue weighted by atomic mass is 10.0. The Balaban J connectivity index is 2.77. The van der Waals surface area contributed by atoms with Gasteiger partial charge in [0.1, 0.15) is 23.1 Å². The number of nitrogens with one attached hydrogen (secondary N) is 1. The Hall–Kier alpha value is -2.44. The van der Waals surface area contributed by atoms with Crippen LogP contribution in [0.4, 0.5) is 4.79 Å². The molecule has 1 aromatic carbocycles. The van der Waals surface area contributed by atoms with Crippen LogP contribution in [-0.2, 0) is 16.0 Å². The summed E-state index contributed by atoms with van der Waals surface area (Å²) in [7, 11) is 3.09. The van der Waals surface area contributed by atoms with Crippen molar-refractivity contribution < 1.29 is 28.9 Å². The fraction of sp³-hybridized carbons (Fsp3) is 0.529. The molecule has 134 valence electrons. The van der Waals surface area contributed by atoms with Crippen molar-refractivity contribution >= 4 is 12.1 Å². The first kappa shape index (κ1) is 19.6. The fourth-order valence-electron chi connectivity index (χ4n) is 2.08. The number of carboxylic acids is 1. The van der Waals surface area contributed by atoms with Crippen LogP contribution in [0.25, 0.3) is 0 Å². The molecule has 7 heteroatoms. The second kappa shape index (κ2) is 8.42. The molecule has 0 spiro atoms. The van der Waals surface area contributed by atoms with Crippen LogP contribution >= 0.6 is 0 Å². The molecule has 0 aromatic heterocycles. The van der Waals surface area contributed by atoms with Crippen LogP contribution in [0.5, 0.6) is 11.5 Å². The lowest BCUT2D eigenvalue weighted by Crippen LogP contribution is -2.43. The van der Waals surface area contributed by atoms with Crippen LogP contribution < -0.4 is 14.8 Å². The number of alkyl carbamates (subject to hydrolysis) is 1. The predicted octanol–water partition coefficient (Wildman–Crippen LogP) is 2.61. The number of carbonyl (C=O) groups is 2. The summed E-state index contributed by atoms with van der Waals surface area (Å²) in [5.74, 6) is 0.165. The van der Waals surface area contributed by atoms with E-state index in [1.807, 2.05) is 0 Å². The average Bonchev–Trinajstić information content (AvgIpc) is 2.48. The Morgan fingerprint density at radius 1 is 1.21 bits per heavy atom. The summed E-state index contributed by atoms with van der Waals surface area (Å²) in [5.41, 5.74) is 0.109. The molecule has 1 rings (SSSR count). The second-order valence-corrected chi connectivity index (χ2v) is 6.25. The monoisotopic (exact) mass is 339 g/mol. The van der Waals surface area contributed by atoms with Gasteiger partial charge in [0, 0.05) is 0 Å². The van der Waals surface area contributed by atoms with Crippen molar-refractivity contribution in [1.82, 2.24) is 5.32 Å². The standard InChI is InChI=1S/C17H25NO6/c1-17(2,3)24-16(21)18-13(15(19)20)8-6-11-10-12(22-4)7-9-14(11)23-5/h7,9-10,13H,6,8H2,1-5H3,(H,18,21)(H,19,20)/t13-/m1/s1. The van der Waals surface area contributed by atoms with E-state index < -0.39 is 23.7 Å². The normalized spacial score (nSPS) is 12.2. The molecule has 0 saturated heterocycles. The number of hydrogen-bond donors (Lipinski definition) is 2. The predicted molar refractivity (Wildman–Crippen MR) is 88.7 cm³/mol. The smallest absolute Gasteiger partial charge is 0.408 e. The van der Waals surface area contributed by atoms with Crippen LogP contribution in [0.3, 0.4) is 0 Å². The van der Waals surface area contributed by atoms with Crippen LogP contribution in [0.2, 0.25) is 0 Å². The zero-order valence-corrected chi connectivity index (χ0v) is 14.7. The van der Waals surface area contributed by atoms with Crippen LogP contribution in [0.1, 0.15) is 32.8 Å². The minimum atomic E-state index is -1.12. The topological polar surface area (TPSA) is 94.1 Å². The molecule has 1 atom stereocenters. The van der Waals surface area contributed by atoms with Gasteiger partial charge < -0.3 is 24.6 Å². The second-order valence-electron chi connectivity index (χ2n) is 6.25. The van der Waals surface area contributed by atoms with Crippen molar-refractivity contribution in [3.8, 4) is 11.5 Å². The summed E-state index contributed by atoms with van der Waals surface area (Å²) >= 11 is 0. The number of carboxylic acid groups (broad SMARTS) is 1. The van der Waals surface area contributed by atoms with E-state index in [2.05, 4.69) is 5.32 Å². The SMILES string of the molecule is COc1ccc(OC)c(CC[C@@H](NC(=O)OC(C)(C)C)C(=O)O)c1. The molecule has 0 aliphatic heterocycles. The van der Waals surface area contributed by atoms with Crippen molar-refractivity contribution in [3.05, 3.63) is 23.8 Å². The maximum Gasteiger partial charge on any atom is 0.408 e. The molecule has 0 bridgehead atoms. The molecule has 7 nitrogen and oxygen atoms in total. The van der Waals surface area contributed by atoms with Crippen LogP contribution in [0, 0.1) is 0 Å². The molecule has 0 heterocycles. The van der Waals surface area contributed by atoms with Crippen molar-refractivity contribution in [3.63, 3.8) is 0 Å². The van der Waals surface area contributed by atoms with Gasteiger partial charge in [-0.2, -0.15) is 0 Å². The third kappa shape index (κ3) is 6.36. The van der Waals surface area contributed by atoms with Gasteiger partial charge in [-0.1, -0.05) is 0 Å². The van der Waals surface area contributed by atoms with Gasteiger partial charge in [-0.05, 0) is 57.4 Å². The number of hydrogen-bond acceptors (Lipinski definition) is 5. The van der Waals surface area contributed by atoms with E-state index in [0.29, 0.717) is 17.9 Å². The van der Waals surface area contributed by atoms with Crippen molar-refractivity contribution in [1.29, 1.82) is 0 Å². The number of carbonyl (C=O) groups excluding carboxylic acids is 1. The highest BCUT2D eigenvalue weighted by Gasteiger charge is 2.24. The van der Waals surface area contributed by atoms with Gasteiger partial charge in [0.05, 0.1) is 14.2 Å². The number of rotatable bonds is 7. The molecule has 0 radical (unpaired) electrons. The van der Waals surface area contributed by atoms with Gasteiger partial charge in [0.15, 0.2) is 0 Å². The van der Waals surface area contributed by atoms with Gasteiger partial charge in [-0.15, -0.1) is 0 Å². The third-order valence-electron chi connectivity index (χ3n) is 3.18. The number of ether oxygens (including phenoxy) is 3. The highest BCUT2D eigenvalue weighted by atomic mass is 16.6. The molecular formula is C17H25NO6. The van der Waals surface area contributed by atoms with Gasteiger partial charge >= 0.3 is 12.1 Å². The summed E-state index contributed by atoms with van der Waals surface area (Å²) in [6.45, 7) is 5.14. The van der Waals surface area contributed by atoms with Gasteiger partial charge in [-0.25, -0.2) is 9.59 Å².